The number of alkyl halides is 2. The molecule has 0 aromatic carbocycles. The van der Waals surface area contributed by atoms with Crippen LogP contribution in [0, 0.1) is 6.92 Å². The van der Waals surface area contributed by atoms with Crippen LogP contribution in [0.5, 0.6) is 0 Å². The third-order valence-corrected chi connectivity index (χ3v) is 1.95. The molecule has 0 unspecified atom stereocenters. The Morgan fingerprint density at radius 1 is 1.60 bits per heavy atom. The fourth-order valence-electron chi connectivity index (χ4n) is 1.19. The lowest BCUT2D eigenvalue weighted by Crippen LogP contribution is -2.12. The van der Waals surface area contributed by atoms with Gasteiger partial charge >= 0.3 is 5.97 Å². The van der Waals surface area contributed by atoms with Crippen LogP contribution in [-0.4, -0.2) is 18.1 Å². The van der Waals surface area contributed by atoms with E-state index in [0.29, 0.717) is 0 Å². The smallest absolute Gasteiger partial charge is 0.358 e. The zero-order valence-electron chi connectivity index (χ0n) is 8.25. The Morgan fingerprint density at radius 2 is 2.20 bits per heavy atom. The van der Waals surface area contributed by atoms with Gasteiger partial charge in [0.2, 0.25) is 0 Å². The number of rotatable bonds is 2. The van der Waals surface area contributed by atoms with Crippen molar-refractivity contribution in [2.45, 2.75) is 13.3 Å². The van der Waals surface area contributed by atoms with Crippen LogP contribution >= 0.6 is 0 Å². The number of nitrogens with zero attached hydrogens (tertiary/aromatic N) is 1. The molecule has 0 saturated carbocycles. The Labute approximate surface area is 85.1 Å². The fraction of sp³-hybridized carbons (Fsp3) is 0.333. The first-order valence-electron chi connectivity index (χ1n) is 4.10. The second kappa shape index (κ2) is 4.20. The van der Waals surface area contributed by atoms with Gasteiger partial charge in [-0.15, -0.1) is 0 Å². The summed E-state index contributed by atoms with van der Waals surface area (Å²) in [7, 11) is 1.13. The maximum atomic E-state index is 12.6. The second-order valence-electron chi connectivity index (χ2n) is 2.91. The Morgan fingerprint density at radius 3 is 2.67 bits per heavy atom. The third-order valence-electron chi connectivity index (χ3n) is 1.95. The van der Waals surface area contributed by atoms with E-state index < -0.39 is 12.4 Å². The van der Waals surface area contributed by atoms with E-state index in [0.717, 1.165) is 7.11 Å². The molecule has 0 bridgehead atoms. The van der Waals surface area contributed by atoms with Crippen molar-refractivity contribution in [3.8, 4) is 0 Å². The number of methoxy groups -OCH3 is 1. The average molecular weight is 216 g/mol. The number of anilines is 1. The largest absolute Gasteiger partial charge is 0.464 e. The lowest BCUT2D eigenvalue weighted by atomic mass is 10.1. The van der Waals surface area contributed by atoms with Crippen molar-refractivity contribution in [3.05, 3.63) is 23.0 Å². The van der Waals surface area contributed by atoms with E-state index in [1.807, 2.05) is 0 Å². The van der Waals surface area contributed by atoms with Crippen molar-refractivity contribution >= 4 is 11.7 Å². The van der Waals surface area contributed by atoms with Gasteiger partial charge in [-0.1, -0.05) is 0 Å². The number of esters is 1. The van der Waals surface area contributed by atoms with E-state index >= 15 is 0 Å². The topological polar surface area (TPSA) is 65.2 Å². The molecule has 82 valence electrons. The molecule has 0 aliphatic rings. The minimum absolute atomic E-state index is 0.246. The lowest BCUT2D eigenvalue weighted by Gasteiger charge is -2.10. The van der Waals surface area contributed by atoms with E-state index in [9.17, 15) is 13.6 Å². The fourth-order valence-corrected chi connectivity index (χ4v) is 1.19. The molecule has 0 saturated heterocycles. The van der Waals surface area contributed by atoms with Crippen LogP contribution in [0.2, 0.25) is 0 Å². The monoisotopic (exact) mass is 216 g/mol. The number of pyridine rings is 1. The van der Waals surface area contributed by atoms with Crippen molar-refractivity contribution in [1.82, 2.24) is 4.98 Å². The summed E-state index contributed by atoms with van der Waals surface area (Å²) in [5.74, 6) is -0.825. The summed E-state index contributed by atoms with van der Waals surface area (Å²) >= 11 is 0. The number of nitrogen functional groups attached to an aromatic ring is 1. The predicted octanol–water partition coefficient (Wildman–Crippen LogP) is 1.70. The third kappa shape index (κ3) is 2.03. The highest BCUT2D eigenvalue weighted by Gasteiger charge is 2.21. The van der Waals surface area contributed by atoms with Crippen LogP contribution in [0.1, 0.15) is 28.0 Å². The van der Waals surface area contributed by atoms with Gasteiger partial charge in [-0.25, -0.2) is 18.6 Å². The number of ether oxygens (including phenoxy) is 1. The van der Waals surface area contributed by atoms with Crippen LogP contribution in [-0.2, 0) is 4.74 Å². The molecular weight excluding hydrogens is 206 g/mol. The van der Waals surface area contributed by atoms with E-state index in [-0.39, 0.29) is 22.5 Å². The molecule has 0 radical (unpaired) electrons. The number of carbonyl (C=O) groups excluding carboxylic acids is 1. The van der Waals surface area contributed by atoms with Gasteiger partial charge < -0.3 is 10.5 Å². The van der Waals surface area contributed by atoms with Gasteiger partial charge in [-0.2, -0.15) is 0 Å². The summed E-state index contributed by atoms with van der Waals surface area (Å²) in [6, 6.07) is 0. The standard InChI is InChI=1S/C9H10F2N2O2/c1-4-3-13-7(9(14)15-2)6(12)5(4)8(10)11/h3,8H,12H2,1-2H3. The number of hydrogen-bond donors (Lipinski definition) is 1. The van der Waals surface area contributed by atoms with Gasteiger partial charge in [-0.3, -0.25) is 0 Å². The SMILES string of the molecule is COC(=O)c1ncc(C)c(C(F)F)c1N. The van der Waals surface area contributed by atoms with Crippen molar-refractivity contribution in [2.75, 3.05) is 12.8 Å². The summed E-state index contributed by atoms with van der Waals surface area (Å²) in [6.45, 7) is 1.45. The maximum Gasteiger partial charge on any atom is 0.358 e. The molecule has 1 aromatic heterocycles. The van der Waals surface area contributed by atoms with Gasteiger partial charge in [-0.05, 0) is 12.5 Å². The molecule has 0 aliphatic heterocycles. The van der Waals surface area contributed by atoms with Crippen LogP contribution in [0.3, 0.4) is 0 Å². The van der Waals surface area contributed by atoms with Crippen molar-refractivity contribution in [3.63, 3.8) is 0 Å². The van der Waals surface area contributed by atoms with Crippen molar-refractivity contribution in [2.24, 2.45) is 0 Å². The number of aryl methyl sites for hydroxylation is 1. The van der Waals surface area contributed by atoms with Gasteiger partial charge in [0.05, 0.1) is 12.8 Å². The molecule has 6 heteroatoms. The molecule has 0 amide bonds. The number of aromatic nitrogens is 1. The summed E-state index contributed by atoms with van der Waals surface area (Å²) < 4.78 is 29.5. The molecule has 0 atom stereocenters. The lowest BCUT2D eigenvalue weighted by molar-refractivity contribution is 0.0595. The number of nitrogens with two attached hydrogens (primary N) is 1. The summed E-state index contributed by atoms with van der Waals surface area (Å²) in [5, 5.41) is 0. The first-order chi connectivity index (χ1) is 6.99. The number of carbonyl (C=O) groups is 1. The minimum atomic E-state index is -2.74. The Balaban J connectivity index is 3.35. The molecule has 4 nitrogen and oxygen atoms in total. The van der Waals surface area contributed by atoms with E-state index in [2.05, 4.69) is 9.72 Å². The van der Waals surface area contributed by atoms with E-state index in [4.69, 9.17) is 5.73 Å². The average Bonchev–Trinajstić information content (AvgIpc) is 2.16. The van der Waals surface area contributed by atoms with Crippen LogP contribution in [0.15, 0.2) is 6.20 Å². The molecule has 0 aliphatic carbocycles. The highest BCUT2D eigenvalue weighted by atomic mass is 19.3. The van der Waals surface area contributed by atoms with E-state index in [1.54, 1.807) is 0 Å². The highest BCUT2D eigenvalue weighted by Crippen LogP contribution is 2.29. The van der Waals surface area contributed by atoms with Gasteiger partial charge in [0.15, 0.2) is 5.69 Å². The quantitative estimate of drug-likeness (QED) is 0.764. The Kier molecular flexibility index (Phi) is 3.18. The highest BCUT2D eigenvalue weighted by molar-refractivity contribution is 5.93. The van der Waals surface area contributed by atoms with Gasteiger partial charge in [0, 0.05) is 11.8 Å². The first kappa shape index (κ1) is 11.4. The zero-order valence-corrected chi connectivity index (χ0v) is 8.25. The Hall–Kier alpha value is -1.72. The van der Waals surface area contributed by atoms with Gasteiger partial charge in [0.1, 0.15) is 0 Å². The molecule has 15 heavy (non-hydrogen) atoms. The summed E-state index contributed by atoms with van der Waals surface area (Å²) in [4.78, 5) is 14.8. The predicted molar refractivity (Wildman–Crippen MR) is 49.7 cm³/mol. The molecule has 1 heterocycles. The number of hydrogen-bond acceptors (Lipinski definition) is 4. The molecular formula is C9H10F2N2O2. The molecule has 1 aromatic rings. The minimum Gasteiger partial charge on any atom is -0.464 e. The van der Waals surface area contributed by atoms with Crippen LogP contribution in [0.4, 0.5) is 14.5 Å². The second-order valence-corrected chi connectivity index (χ2v) is 2.91. The molecule has 1 rings (SSSR count). The van der Waals surface area contributed by atoms with E-state index in [1.165, 1.54) is 13.1 Å². The first-order valence-corrected chi connectivity index (χ1v) is 4.10. The Bertz CT molecular complexity index is 394. The molecule has 0 fully saturated rings. The normalized spacial score (nSPS) is 10.5. The van der Waals surface area contributed by atoms with Crippen LogP contribution in [0.25, 0.3) is 0 Å². The summed E-state index contributed by atoms with van der Waals surface area (Å²) in [5.41, 5.74) is 4.69. The van der Waals surface area contributed by atoms with Crippen LogP contribution < -0.4 is 5.73 Å². The maximum absolute atomic E-state index is 12.6. The summed E-state index contributed by atoms with van der Waals surface area (Å²) in [6.07, 6.45) is -1.57. The number of halogens is 2. The van der Waals surface area contributed by atoms with Gasteiger partial charge in [0.25, 0.3) is 6.43 Å². The molecule has 0 spiro atoms. The molecule has 2 N–H and O–H groups in total. The van der Waals surface area contributed by atoms with Crippen molar-refractivity contribution in [1.29, 1.82) is 0 Å². The zero-order chi connectivity index (χ0) is 11.6. The van der Waals surface area contributed by atoms with Crippen molar-refractivity contribution < 1.29 is 18.3 Å².